The average Bonchev–Trinajstić information content (AvgIpc) is 2.86. The maximum Gasteiger partial charge on any atom is 0.445 e. The van der Waals surface area contributed by atoms with Gasteiger partial charge in [0, 0.05) is 17.9 Å². The molecule has 108 valence electrons. The van der Waals surface area contributed by atoms with Gasteiger partial charge in [0.25, 0.3) is 0 Å². The molecular weight excluding hydrogens is 343 g/mol. The number of alkyl halides is 4. The molecule has 0 saturated heterocycles. The van der Waals surface area contributed by atoms with Crippen molar-refractivity contribution in [2.75, 3.05) is 16.8 Å². The lowest BCUT2D eigenvalue weighted by Crippen LogP contribution is -2.38. The summed E-state index contributed by atoms with van der Waals surface area (Å²) < 4.78 is 37.7. The fraction of sp³-hybridized carbons (Fsp3) is 0.818. The van der Waals surface area contributed by atoms with Crippen LogP contribution >= 0.6 is 27.3 Å². The molecule has 0 amide bonds. The summed E-state index contributed by atoms with van der Waals surface area (Å²) >= 11 is 3.99. The molecule has 0 bridgehead atoms. The monoisotopic (exact) mass is 357 g/mol. The van der Waals surface area contributed by atoms with E-state index in [-0.39, 0.29) is 0 Å². The minimum absolute atomic E-state index is 0.292. The van der Waals surface area contributed by atoms with E-state index in [0.29, 0.717) is 34.4 Å². The molecule has 1 saturated carbocycles. The summed E-state index contributed by atoms with van der Waals surface area (Å²) in [4.78, 5) is 1.97. The summed E-state index contributed by atoms with van der Waals surface area (Å²) in [6, 6.07) is 0.292. The standard InChI is InChI=1S/C11H15BrF3N3S/c12-6-7-18(8-4-2-1-3-5-8)10-17-16-9(19-10)11(13,14)15/h8H,1-7H2. The molecular formula is C11H15BrF3N3S. The van der Waals surface area contributed by atoms with Gasteiger partial charge in [0.15, 0.2) is 0 Å². The summed E-state index contributed by atoms with van der Waals surface area (Å²) in [5.74, 6) is 0. The van der Waals surface area contributed by atoms with Crippen LogP contribution in [0.1, 0.15) is 37.1 Å². The van der Waals surface area contributed by atoms with E-state index in [1.807, 2.05) is 4.90 Å². The zero-order valence-corrected chi connectivity index (χ0v) is 12.7. The zero-order chi connectivity index (χ0) is 13.9. The number of nitrogens with zero attached hydrogens (tertiary/aromatic N) is 3. The van der Waals surface area contributed by atoms with Gasteiger partial charge in [-0.25, -0.2) is 0 Å². The fourth-order valence-electron chi connectivity index (χ4n) is 2.36. The van der Waals surface area contributed by atoms with Crippen molar-refractivity contribution in [3.8, 4) is 0 Å². The van der Waals surface area contributed by atoms with Crippen molar-refractivity contribution in [3.05, 3.63) is 5.01 Å². The van der Waals surface area contributed by atoms with Crippen molar-refractivity contribution in [1.29, 1.82) is 0 Å². The maximum absolute atomic E-state index is 12.6. The molecule has 1 aromatic heterocycles. The van der Waals surface area contributed by atoms with Gasteiger partial charge in [-0.15, -0.1) is 10.2 Å². The lowest BCUT2D eigenvalue weighted by atomic mass is 9.94. The fourth-order valence-corrected chi connectivity index (χ4v) is 3.56. The van der Waals surface area contributed by atoms with E-state index in [4.69, 9.17) is 0 Å². The molecule has 3 nitrogen and oxygen atoms in total. The Morgan fingerprint density at radius 3 is 2.42 bits per heavy atom. The first-order valence-corrected chi connectivity index (χ1v) is 8.19. The summed E-state index contributed by atoms with van der Waals surface area (Å²) in [7, 11) is 0. The molecule has 1 fully saturated rings. The SMILES string of the molecule is FC(F)(F)c1nnc(N(CCBr)C2CCCCC2)s1. The van der Waals surface area contributed by atoms with Crippen LogP contribution in [0.4, 0.5) is 18.3 Å². The van der Waals surface area contributed by atoms with Gasteiger partial charge in [-0.2, -0.15) is 13.2 Å². The number of anilines is 1. The molecule has 1 aliphatic carbocycles. The Kier molecular flexibility index (Phi) is 5.05. The van der Waals surface area contributed by atoms with Crippen molar-refractivity contribution in [3.63, 3.8) is 0 Å². The lowest BCUT2D eigenvalue weighted by Gasteiger charge is -2.33. The summed E-state index contributed by atoms with van der Waals surface area (Å²) in [6.45, 7) is 0.664. The van der Waals surface area contributed by atoms with E-state index in [0.717, 1.165) is 25.7 Å². The highest BCUT2D eigenvalue weighted by molar-refractivity contribution is 9.09. The molecule has 2 rings (SSSR count). The van der Waals surface area contributed by atoms with E-state index in [2.05, 4.69) is 26.1 Å². The second-order valence-corrected chi connectivity index (χ2v) is 6.31. The Morgan fingerprint density at radius 2 is 1.89 bits per heavy atom. The van der Waals surface area contributed by atoms with Crippen LogP contribution in [0.25, 0.3) is 0 Å². The third-order valence-electron chi connectivity index (χ3n) is 3.24. The first kappa shape index (κ1) is 15.0. The first-order valence-electron chi connectivity index (χ1n) is 6.25. The van der Waals surface area contributed by atoms with Crippen molar-refractivity contribution in [1.82, 2.24) is 10.2 Å². The molecule has 0 atom stereocenters. The predicted molar refractivity (Wildman–Crippen MR) is 72.9 cm³/mol. The van der Waals surface area contributed by atoms with Crippen molar-refractivity contribution < 1.29 is 13.2 Å². The number of halogens is 4. The smallest absolute Gasteiger partial charge is 0.343 e. The van der Waals surface area contributed by atoms with Crippen LogP contribution in [0.3, 0.4) is 0 Å². The normalized spacial score (nSPS) is 17.7. The number of hydrogen-bond acceptors (Lipinski definition) is 4. The first-order chi connectivity index (χ1) is 9.02. The molecule has 0 radical (unpaired) electrons. The van der Waals surface area contributed by atoms with E-state index in [1.165, 1.54) is 6.42 Å². The largest absolute Gasteiger partial charge is 0.445 e. The minimum Gasteiger partial charge on any atom is -0.343 e. The Balaban J connectivity index is 2.16. The Labute approximate surface area is 122 Å². The molecule has 19 heavy (non-hydrogen) atoms. The number of aromatic nitrogens is 2. The van der Waals surface area contributed by atoms with Crippen LogP contribution in [-0.4, -0.2) is 28.1 Å². The highest BCUT2D eigenvalue weighted by Crippen LogP contribution is 2.36. The molecule has 0 N–H and O–H groups in total. The Morgan fingerprint density at radius 1 is 1.21 bits per heavy atom. The maximum atomic E-state index is 12.6. The van der Waals surface area contributed by atoms with Crippen LogP contribution in [0.2, 0.25) is 0 Å². The highest BCUT2D eigenvalue weighted by atomic mass is 79.9. The van der Waals surface area contributed by atoms with Gasteiger partial charge >= 0.3 is 6.18 Å². The van der Waals surface area contributed by atoms with Crippen LogP contribution in [-0.2, 0) is 6.18 Å². The van der Waals surface area contributed by atoms with Crippen LogP contribution in [0.5, 0.6) is 0 Å². The predicted octanol–water partition coefficient (Wildman–Crippen LogP) is 4.09. The number of rotatable bonds is 4. The minimum atomic E-state index is -4.40. The topological polar surface area (TPSA) is 29.0 Å². The van der Waals surface area contributed by atoms with Crippen molar-refractivity contribution in [2.45, 2.75) is 44.3 Å². The molecule has 0 unspecified atom stereocenters. The van der Waals surface area contributed by atoms with Crippen LogP contribution in [0, 0.1) is 0 Å². The lowest BCUT2D eigenvalue weighted by molar-refractivity contribution is -0.138. The molecule has 0 aliphatic heterocycles. The van der Waals surface area contributed by atoms with E-state index >= 15 is 0 Å². The molecule has 1 aliphatic rings. The third-order valence-corrected chi connectivity index (χ3v) is 4.60. The highest BCUT2D eigenvalue weighted by Gasteiger charge is 2.36. The molecule has 0 aromatic carbocycles. The summed E-state index contributed by atoms with van der Waals surface area (Å²) in [6.07, 6.45) is 1.12. The van der Waals surface area contributed by atoms with Crippen molar-refractivity contribution in [2.24, 2.45) is 0 Å². The summed E-state index contributed by atoms with van der Waals surface area (Å²) in [5.41, 5.74) is 0. The van der Waals surface area contributed by atoms with Gasteiger partial charge in [-0.1, -0.05) is 46.5 Å². The molecule has 8 heteroatoms. The van der Waals surface area contributed by atoms with Crippen molar-refractivity contribution >= 4 is 32.4 Å². The molecule has 1 heterocycles. The van der Waals surface area contributed by atoms with Gasteiger partial charge in [0.2, 0.25) is 10.1 Å². The van der Waals surface area contributed by atoms with Crippen LogP contribution in [0.15, 0.2) is 0 Å². The quantitative estimate of drug-likeness (QED) is 0.760. The van der Waals surface area contributed by atoms with Crippen LogP contribution < -0.4 is 4.90 Å². The van der Waals surface area contributed by atoms with E-state index in [1.54, 1.807) is 0 Å². The Bertz CT molecular complexity index is 404. The van der Waals surface area contributed by atoms with E-state index < -0.39 is 11.2 Å². The summed E-state index contributed by atoms with van der Waals surface area (Å²) in [5, 5.41) is 7.24. The van der Waals surface area contributed by atoms with Gasteiger partial charge in [-0.05, 0) is 12.8 Å². The van der Waals surface area contributed by atoms with Gasteiger partial charge < -0.3 is 4.90 Å². The molecule has 0 spiro atoms. The second kappa shape index (κ2) is 6.39. The average molecular weight is 358 g/mol. The molecule has 1 aromatic rings. The zero-order valence-electron chi connectivity index (χ0n) is 10.3. The van der Waals surface area contributed by atoms with Gasteiger partial charge in [0.05, 0.1) is 0 Å². The Hall–Kier alpha value is -0.370. The van der Waals surface area contributed by atoms with Gasteiger partial charge in [-0.3, -0.25) is 0 Å². The van der Waals surface area contributed by atoms with E-state index in [9.17, 15) is 13.2 Å². The van der Waals surface area contributed by atoms with Gasteiger partial charge in [0.1, 0.15) is 0 Å². The number of hydrogen-bond donors (Lipinski definition) is 0. The second-order valence-electron chi connectivity index (χ2n) is 4.56. The third kappa shape index (κ3) is 3.81.